The van der Waals surface area contributed by atoms with E-state index in [2.05, 4.69) is 5.32 Å². The summed E-state index contributed by atoms with van der Waals surface area (Å²) in [5.41, 5.74) is 6.25. The Bertz CT molecular complexity index is 367. The van der Waals surface area contributed by atoms with E-state index >= 15 is 0 Å². The molecule has 0 radical (unpaired) electrons. The van der Waals surface area contributed by atoms with E-state index in [1.807, 2.05) is 0 Å². The van der Waals surface area contributed by atoms with Crippen LogP contribution in [0.15, 0.2) is 0 Å². The lowest BCUT2D eigenvalue weighted by molar-refractivity contribution is -0.133. The molecular weight excluding hydrogens is 255 g/mol. The van der Waals surface area contributed by atoms with Crippen molar-refractivity contribution in [2.45, 2.75) is 57.4 Å². The Morgan fingerprint density at radius 1 is 1.20 bits per heavy atom. The van der Waals surface area contributed by atoms with Gasteiger partial charge in [0, 0.05) is 0 Å². The summed E-state index contributed by atoms with van der Waals surface area (Å²) in [5, 5.41) is 20.8. The Balaban J connectivity index is 1.70. The minimum atomic E-state index is -1.54. The lowest BCUT2D eigenvalue weighted by atomic mass is 9.47. The molecule has 0 aromatic rings. The molecule has 20 heavy (non-hydrogen) atoms. The Labute approximate surface area is 120 Å². The summed E-state index contributed by atoms with van der Waals surface area (Å²) in [4.78, 5) is 12.3. The molecule has 112 valence electrons. The van der Waals surface area contributed by atoms with Crippen LogP contribution in [0, 0.1) is 23.2 Å². The molecule has 6 heteroatoms. The Kier molecular flexibility index (Phi) is 3.59. The summed E-state index contributed by atoms with van der Waals surface area (Å²) in [6.45, 7) is 1.58. The van der Waals surface area contributed by atoms with Gasteiger partial charge < -0.3 is 21.1 Å². The topological polar surface area (TPSA) is 95.6 Å². The van der Waals surface area contributed by atoms with Crippen molar-refractivity contribution in [2.75, 3.05) is 0 Å². The minimum absolute atomic E-state index is 0.0427. The molecule has 5 N–H and O–H groups in total. The lowest BCUT2D eigenvalue weighted by Crippen LogP contribution is -2.61. The van der Waals surface area contributed by atoms with Crippen LogP contribution in [0.25, 0.3) is 0 Å². The van der Waals surface area contributed by atoms with Gasteiger partial charge in [-0.15, -0.1) is 0 Å². The van der Waals surface area contributed by atoms with Crippen molar-refractivity contribution in [1.82, 2.24) is 5.32 Å². The zero-order valence-electron chi connectivity index (χ0n) is 12.1. The van der Waals surface area contributed by atoms with Gasteiger partial charge in [0.25, 0.3) is 0 Å². The molecule has 0 saturated heterocycles. The third kappa shape index (κ3) is 2.38. The van der Waals surface area contributed by atoms with Crippen LogP contribution in [0.3, 0.4) is 0 Å². The predicted octanol–water partition coefficient (Wildman–Crippen LogP) is 0.0468. The van der Waals surface area contributed by atoms with E-state index in [9.17, 15) is 4.79 Å². The van der Waals surface area contributed by atoms with Gasteiger partial charge in [-0.1, -0.05) is 0 Å². The van der Waals surface area contributed by atoms with Gasteiger partial charge in [-0.25, -0.2) is 0 Å². The van der Waals surface area contributed by atoms with Crippen molar-refractivity contribution in [3.8, 4) is 0 Å². The molecule has 4 rings (SSSR count). The van der Waals surface area contributed by atoms with E-state index < -0.39 is 19.1 Å². The van der Waals surface area contributed by atoms with Crippen molar-refractivity contribution in [3.63, 3.8) is 0 Å². The summed E-state index contributed by atoms with van der Waals surface area (Å²) in [5.74, 6) is 1.35. The van der Waals surface area contributed by atoms with Gasteiger partial charge in [-0.05, 0) is 68.6 Å². The number of hydrogen-bond acceptors (Lipinski definition) is 4. The molecule has 0 heterocycles. The Morgan fingerprint density at radius 2 is 1.65 bits per heavy atom. The van der Waals surface area contributed by atoms with Crippen molar-refractivity contribution in [2.24, 2.45) is 28.9 Å². The van der Waals surface area contributed by atoms with E-state index in [1.165, 1.54) is 19.3 Å². The molecular formula is C14H25BN2O3. The second-order valence-corrected chi connectivity index (χ2v) is 7.47. The van der Waals surface area contributed by atoms with Crippen LogP contribution in [0.1, 0.15) is 45.4 Å². The average molecular weight is 280 g/mol. The van der Waals surface area contributed by atoms with Gasteiger partial charge in [0.05, 0.1) is 12.0 Å². The summed E-state index contributed by atoms with van der Waals surface area (Å²) in [6.07, 6.45) is 7.18. The molecule has 4 saturated carbocycles. The van der Waals surface area contributed by atoms with Crippen molar-refractivity contribution < 1.29 is 14.8 Å². The molecule has 2 atom stereocenters. The molecule has 0 aromatic heterocycles. The average Bonchev–Trinajstić information content (AvgIpc) is 2.35. The summed E-state index contributed by atoms with van der Waals surface area (Å²) < 4.78 is 0. The van der Waals surface area contributed by atoms with Crippen LogP contribution in [0.4, 0.5) is 0 Å². The normalized spacial score (nSPS) is 41.3. The number of nitrogens with one attached hydrogen (secondary N) is 1. The maximum atomic E-state index is 12.3. The van der Waals surface area contributed by atoms with E-state index in [0.29, 0.717) is 0 Å². The van der Waals surface area contributed by atoms with Gasteiger partial charge >= 0.3 is 7.12 Å². The van der Waals surface area contributed by atoms with Crippen molar-refractivity contribution >= 4 is 13.0 Å². The van der Waals surface area contributed by atoms with Gasteiger partial charge in [0.1, 0.15) is 0 Å². The van der Waals surface area contributed by atoms with Crippen molar-refractivity contribution in [3.05, 3.63) is 0 Å². The van der Waals surface area contributed by atoms with E-state index in [0.717, 1.165) is 37.0 Å². The smallest absolute Gasteiger partial charge is 0.426 e. The zero-order valence-corrected chi connectivity index (χ0v) is 12.1. The standard InChI is InChI=1S/C14H25BN2O3/c1-8(15(19)20)17-13(18)12(16)14-5-9-2-10(6-14)4-11(3-9)7-14/h8-12,19-20H,2-7,16H2,1H3,(H,17,18)/t8-,9?,10?,11?,12+,14?/m0/s1. The van der Waals surface area contributed by atoms with E-state index in [4.69, 9.17) is 15.8 Å². The molecule has 0 aliphatic heterocycles. The van der Waals surface area contributed by atoms with Crippen molar-refractivity contribution in [1.29, 1.82) is 0 Å². The highest BCUT2D eigenvalue weighted by atomic mass is 16.4. The monoisotopic (exact) mass is 280 g/mol. The second-order valence-electron chi connectivity index (χ2n) is 7.47. The molecule has 0 unspecified atom stereocenters. The molecule has 0 aromatic carbocycles. The maximum absolute atomic E-state index is 12.3. The first kappa shape index (κ1) is 14.4. The Hall–Kier alpha value is -0.585. The van der Waals surface area contributed by atoms with Crippen LogP contribution < -0.4 is 11.1 Å². The number of carbonyl (C=O) groups excluding carboxylic acids is 1. The predicted molar refractivity (Wildman–Crippen MR) is 76.4 cm³/mol. The highest BCUT2D eigenvalue weighted by molar-refractivity contribution is 6.43. The highest BCUT2D eigenvalue weighted by Gasteiger charge is 2.55. The van der Waals surface area contributed by atoms with Crippen LogP contribution in [-0.2, 0) is 4.79 Å². The summed E-state index contributed by atoms with van der Waals surface area (Å²) in [6, 6.07) is -0.517. The van der Waals surface area contributed by atoms with E-state index in [1.54, 1.807) is 6.92 Å². The number of hydrogen-bond donors (Lipinski definition) is 4. The summed E-state index contributed by atoms with van der Waals surface area (Å²) >= 11 is 0. The lowest BCUT2D eigenvalue weighted by Gasteiger charge is -2.58. The number of amides is 1. The fraction of sp³-hybridized carbons (Fsp3) is 0.929. The quantitative estimate of drug-likeness (QED) is 0.547. The number of carbonyl (C=O) groups is 1. The van der Waals surface area contributed by atoms with Gasteiger partial charge in [-0.2, -0.15) is 0 Å². The first-order chi connectivity index (χ1) is 9.39. The van der Waals surface area contributed by atoms with Crippen LogP contribution in [0.5, 0.6) is 0 Å². The third-order valence-electron chi connectivity index (χ3n) is 5.84. The molecule has 1 amide bonds. The van der Waals surface area contributed by atoms with Gasteiger partial charge in [-0.3, -0.25) is 4.79 Å². The fourth-order valence-corrected chi connectivity index (χ4v) is 5.23. The highest BCUT2D eigenvalue weighted by Crippen LogP contribution is 2.60. The minimum Gasteiger partial charge on any atom is -0.426 e. The second kappa shape index (κ2) is 5.00. The fourth-order valence-electron chi connectivity index (χ4n) is 5.23. The molecule has 4 bridgehead atoms. The van der Waals surface area contributed by atoms with Crippen LogP contribution in [-0.4, -0.2) is 35.1 Å². The maximum Gasteiger partial charge on any atom is 0.475 e. The molecule has 4 aliphatic rings. The Morgan fingerprint density at radius 3 is 2.05 bits per heavy atom. The summed E-state index contributed by atoms with van der Waals surface area (Å²) in [7, 11) is -1.54. The number of nitrogens with two attached hydrogens (primary N) is 1. The van der Waals surface area contributed by atoms with Gasteiger partial charge in [0.2, 0.25) is 5.91 Å². The molecule has 5 nitrogen and oxygen atoms in total. The van der Waals surface area contributed by atoms with E-state index in [-0.39, 0.29) is 11.3 Å². The van der Waals surface area contributed by atoms with Crippen LogP contribution in [0.2, 0.25) is 0 Å². The third-order valence-corrected chi connectivity index (χ3v) is 5.84. The molecule has 4 fully saturated rings. The van der Waals surface area contributed by atoms with Crippen LogP contribution >= 0.6 is 0 Å². The van der Waals surface area contributed by atoms with Gasteiger partial charge in [0.15, 0.2) is 0 Å². The largest absolute Gasteiger partial charge is 0.475 e. The molecule has 4 aliphatic carbocycles. The zero-order chi connectivity index (χ0) is 14.5. The first-order valence-corrected chi connectivity index (χ1v) is 7.82. The molecule has 0 spiro atoms. The number of rotatable bonds is 4. The first-order valence-electron chi connectivity index (χ1n) is 7.82. The SMILES string of the molecule is C[C@H](NC(=O)[C@@H](N)C12CC3CC(CC(C3)C1)C2)B(O)O.